The molecule has 4 heteroatoms. The van der Waals surface area contributed by atoms with E-state index in [1.165, 1.54) is 0 Å². The maximum absolute atomic E-state index is 9.64. The third-order valence-electron chi connectivity index (χ3n) is 2.30. The van der Waals surface area contributed by atoms with Crippen molar-refractivity contribution in [1.29, 1.82) is 0 Å². The van der Waals surface area contributed by atoms with Gasteiger partial charge in [0.2, 0.25) is 0 Å². The SMILES string of the molecule is C[C@@H](O)c1cc(Cl)ccc1OCCOC(C)(C)C. The molecule has 0 aliphatic rings. The van der Waals surface area contributed by atoms with Crippen molar-refractivity contribution in [3.05, 3.63) is 28.8 Å². The molecular formula is C14H21ClO3. The minimum absolute atomic E-state index is 0.170. The molecular weight excluding hydrogens is 252 g/mol. The van der Waals surface area contributed by atoms with Crippen LogP contribution in [-0.2, 0) is 4.74 Å². The standard InChI is InChI=1S/C14H21ClO3/c1-10(16)12-9-11(15)5-6-13(12)17-7-8-18-14(2,3)4/h5-6,9-10,16H,7-8H2,1-4H3/t10-/m1/s1. The van der Waals surface area contributed by atoms with Gasteiger partial charge in [0.25, 0.3) is 0 Å². The first-order valence-electron chi connectivity index (χ1n) is 6.04. The van der Waals surface area contributed by atoms with Gasteiger partial charge in [-0.15, -0.1) is 0 Å². The summed E-state index contributed by atoms with van der Waals surface area (Å²) in [6.45, 7) is 8.62. The van der Waals surface area contributed by atoms with E-state index in [1.54, 1.807) is 25.1 Å². The van der Waals surface area contributed by atoms with E-state index in [2.05, 4.69) is 0 Å². The van der Waals surface area contributed by atoms with Crippen LogP contribution in [0, 0.1) is 0 Å². The molecule has 18 heavy (non-hydrogen) atoms. The Morgan fingerprint density at radius 2 is 1.94 bits per heavy atom. The second-order valence-corrected chi connectivity index (χ2v) is 5.60. The highest BCUT2D eigenvalue weighted by atomic mass is 35.5. The van der Waals surface area contributed by atoms with Gasteiger partial charge in [-0.3, -0.25) is 0 Å². The Bertz CT molecular complexity index is 383. The average molecular weight is 273 g/mol. The van der Waals surface area contributed by atoms with Gasteiger partial charge in [0.15, 0.2) is 0 Å². The van der Waals surface area contributed by atoms with E-state index < -0.39 is 6.10 Å². The quantitative estimate of drug-likeness (QED) is 0.833. The minimum atomic E-state index is -0.609. The first-order valence-corrected chi connectivity index (χ1v) is 6.41. The van der Waals surface area contributed by atoms with Crippen LogP contribution in [0.1, 0.15) is 39.4 Å². The summed E-state index contributed by atoms with van der Waals surface area (Å²) in [4.78, 5) is 0. The first-order chi connectivity index (χ1) is 8.29. The van der Waals surface area contributed by atoms with E-state index in [9.17, 15) is 5.11 Å². The summed E-state index contributed by atoms with van der Waals surface area (Å²) in [5, 5.41) is 10.2. The Morgan fingerprint density at radius 3 is 2.50 bits per heavy atom. The number of benzene rings is 1. The van der Waals surface area contributed by atoms with Crippen LogP contribution in [0.2, 0.25) is 5.02 Å². The summed E-state index contributed by atoms with van der Waals surface area (Å²) in [5.74, 6) is 0.645. The molecule has 0 aromatic heterocycles. The van der Waals surface area contributed by atoms with Crippen molar-refractivity contribution in [1.82, 2.24) is 0 Å². The Morgan fingerprint density at radius 1 is 1.28 bits per heavy atom. The molecule has 0 heterocycles. The third-order valence-corrected chi connectivity index (χ3v) is 2.53. The summed E-state index contributed by atoms with van der Waals surface area (Å²) >= 11 is 5.89. The molecule has 1 atom stereocenters. The number of hydrogen-bond donors (Lipinski definition) is 1. The lowest BCUT2D eigenvalue weighted by molar-refractivity contribution is -0.0166. The molecule has 0 unspecified atom stereocenters. The summed E-state index contributed by atoms with van der Waals surface area (Å²) < 4.78 is 11.2. The number of hydrogen-bond acceptors (Lipinski definition) is 3. The number of ether oxygens (including phenoxy) is 2. The van der Waals surface area contributed by atoms with Gasteiger partial charge in [-0.05, 0) is 45.9 Å². The fraction of sp³-hybridized carbons (Fsp3) is 0.571. The summed E-state index contributed by atoms with van der Waals surface area (Å²) in [7, 11) is 0. The topological polar surface area (TPSA) is 38.7 Å². The Kier molecular flexibility index (Phi) is 5.45. The zero-order valence-electron chi connectivity index (χ0n) is 11.4. The fourth-order valence-corrected chi connectivity index (χ4v) is 1.66. The van der Waals surface area contributed by atoms with Crippen LogP contribution in [0.3, 0.4) is 0 Å². The molecule has 0 spiro atoms. The van der Waals surface area contributed by atoms with Gasteiger partial charge in [0, 0.05) is 10.6 Å². The van der Waals surface area contributed by atoms with Gasteiger partial charge >= 0.3 is 0 Å². The predicted octanol–water partition coefficient (Wildman–Crippen LogP) is 3.59. The zero-order valence-corrected chi connectivity index (χ0v) is 12.1. The Balaban J connectivity index is 2.57. The van der Waals surface area contributed by atoms with E-state index >= 15 is 0 Å². The summed E-state index contributed by atoms with van der Waals surface area (Å²) in [6.07, 6.45) is -0.609. The van der Waals surface area contributed by atoms with Gasteiger partial charge in [-0.1, -0.05) is 11.6 Å². The molecule has 0 saturated carbocycles. The van der Waals surface area contributed by atoms with E-state index in [0.717, 1.165) is 0 Å². The zero-order chi connectivity index (χ0) is 13.8. The van der Waals surface area contributed by atoms with Crippen molar-refractivity contribution in [2.24, 2.45) is 0 Å². The molecule has 0 bridgehead atoms. The lowest BCUT2D eigenvalue weighted by atomic mass is 10.1. The summed E-state index contributed by atoms with van der Waals surface area (Å²) in [6, 6.07) is 5.22. The lowest BCUT2D eigenvalue weighted by Gasteiger charge is -2.20. The minimum Gasteiger partial charge on any atom is -0.491 e. The maximum atomic E-state index is 9.64. The molecule has 1 N–H and O–H groups in total. The molecule has 3 nitrogen and oxygen atoms in total. The highest BCUT2D eigenvalue weighted by Gasteiger charge is 2.12. The van der Waals surface area contributed by atoms with Crippen molar-refractivity contribution in [2.45, 2.75) is 39.4 Å². The Hall–Kier alpha value is -0.770. The molecule has 1 aromatic rings. The molecule has 0 saturated heterocycles. The normalized spacial score (nSPS) is 13.4. The van der Waals surface area contributed by atoms with Crippen LogP contribution in [0.15, 0.2) is 18.2 Å². The van der Waals surface area contributed by atoms with Crippen molar-refractivity contribution >= 4 is 11.6 Å². The number of halogens is 1. The van der Waals surface area contributed by atoms with Crippen molar-refractivity contribution in [2.75, 3.05) is 13.2 Å². The van der Waals surface area contributed by atoms with Crippen LogP contribution >= 0.6 is 11.6 Å². The molecule has 102 valence electrons. The van der Waals surface area contributed by atoms with Crippen LogP contribution < -0.4 is 4.74 Å². The van der Waals surface area contributed by atoms with Crippen molar-refractivity contribution in [3.8, 4) is 5.75 Å². The van der Waals surface area contributed by atoms with Crippen LogP contribution in [-0.4, -0.2) is 23.9 Å². The molecule has 1 rings (SSSR count). The second-order valence-electron chi connectivity index (χ2n) is 5.17. The van der Waals surface area contributed by atoms with Gasteiger partial charge in [-0.25, -0.2) is 0 Å². The molecule has 0 radical (unpaired) electrons. The smallest absolute Gasteiger partial charge is 0.125 e. The summed E-state index contributed by atoms with van der Waals surface area (Å²) in [5.41, 5.74) is 0.523. The van der Waals surface area contributed by atoms with Gasteiger partial charge < -0.3 is 14.6 Å². The van der Waals surface area contributed by atoms with Crippen molar-refractivity contribution < 1.29 is 14.6 Å². The molecule has 0 amide bonds. The van der Waals surface area contributed by atoms with Gasteiger partial charge in [-0.2, -0.15) is 0 Å². The van der Waals surface area contributed by atoms with E-state index in [4.69, 9.17) is 21.1 Å². The first kappa shape index (κ1) is 15.3. The Labute approximate surface area is 114 Å². The predicted molar refractivity (Wildman–Crippen MR) is 73.3 cm³/mol. The highest BCUT2D eigenvalue weighted by Crippen LogP contribution is 2.28. The number of aliphatic hydroxyl groups excluding tert-OH is 1. The van der Waals surface area contributed by atoms with E-state index in [0.29, 0.717) is 29.5 Å². The monoisotopic (exact) mass is 272 g/mol. The molecule has 0 aliphatic heterocycles. The fourth-order valence-electron chi connectivity index (χ4n) is 1.48. The third kappa shape index (κ3) is 5.25. The second kappa shape index (κ2) is 6.41. The average Bonchev–Trinajstić information content (AvgIpc) is 2.24. The maximum Gasteiger partial charge on any atom is 0.125 e. The van der Waals surface area contributed by atoms with Crippen LogP contribution in [0.25, 0.3) is 0 Å². The van der Waals surface area contributed by atoms with Crippen molar-refractivity contribution in [3.63, 3.8) is 0 Å². The molecule has 0 fully saturated rings. The largest absolute Gasteiger partial charge is 0.491 e. The van der Waals surface area contributed by atoms with Crippen LogP contribution in [0.5, 0.6) is 5.75 Å². The van der Waals surface area contributed by atoms with Gasteiger partial charge in [0.1, 0.15) is 12.4 Å². The number of aliphatic hydroxyl groups is 1. The lowest BCUT2D eigenvalue weighted by Crippen LogP contribution is -2.22. The van der Waals surface area contributed by atoms with Gasteiger partial charge in [0.05, 0.1) is 18.3 Å². The van der Waals surface area contributed by atoms with Crippen LogP contribution in [0.4, 0.5) is 0 Å². The number of rotatable bonds is 5. The van der Waals surface area contributed by atoms with E-state index in [-0.39, 0.29) is 5.60 Å². The highest BCUT2D eigenvalue weighted by molar-refractivity contribution is 6.30. The van der Waals surface area contributed by atoms with E-state index in [1.807, 2.05) is 20.8 Å². The molecule has 1 aromatic carbocycles. The molecule has 0 aliphatic carbocycles.